The number of ether oxygens (including phenoxy) is 1. The summed E-state index contributed by atoms with van der Waals surface area (Å²) in [6.45, 7) is 2.67. The van der Waals surface area contributed by atoms with Gasteiger partial charge in [-0.25, -0.2) is 0 Å². The smallest absolute Gasteiger partial charge is 0.259 e. The van der Waals surface area contributed by atoms with Crippen LogP contribution in [-0.4, -0.2) is 22.7 Å². The van der Waals surface area contributed by atoms with Gasteiger partial charge in [0.1, 0.15) is 17.2 Å². The number of phenols is 2. The SMILES string of the molecule is CCCOc1ccc(NC(=O)c2ccc(O)cc2O)cc1. The van der Waals surface area contributed by atoms with Crippen LogP contribution in [0, 0.1) is 0 Å². The lowest BCUT2D eigenvalue weighted by molar-refractivity contribution is 0.102. The number of phenolic OH excluding ortho intramolecular Hbond substituents is 2. The highest BCUT2D eigenvalue weighted by atomic mass is 16.5. The van der Waals surface area contributed by atoms with Crippen molar-refractivity contribution in [1.29, 1.82) is 0 Å². The Balaban J connectivity index is 2.05. The van der Waals surface area contributed by atoms with Crippen LogP contribution in [-0.2, 0) is 0 Å². The van der Waals surface area contributed by atoms with E-state index in [0.717, 1.165) is 18.2 Å². The summed E-state index contributed by atoms with van der Waals surface area (Å²) in [5, 5.41) is 21.5. The van der Waals surface area contributed by atoms with Crippen molar-refractivity contribution in [2.24, 2.45) is 0 Å². The van der Waals surface area contributed by atoms with Crippen molar-refractivity contribution in [3.8, 4) is 17.2 Å². The van der Waals surface area contributed by atoms with Crippen LogP contribution in [0.5, 0.6) is 17.2 Å². The molecule has 0 aliphatic rings. The molecule has 21 heavy (non-hydrogen) atoms. The first-order valence-corrected chi connectivity index (χ1v) is 6.66. The van der Waals surface area contributed by atoms with E-state index in [1.807, 2.05) is 6.92 Å². The maximum absolute atomic E-state index is 12.0. The van der Waals surface area contributed by atoms with Crippen LogP contribution < -0.4 is 10.1 Å². The fourth-order valence-corrected chi connectivity index (χ4v) is 1.76. The number of benzene rings is 2. The van der Waals surface area contributed by atoms with Gasteiger partial charge in [-0.15, -0.1) is 0 Å². The van der Waals surface area contributed by atoms with Gasteiger partial charge in [0, 0.05) is 11.8 Å². The number of hydrogen-bond donors (Lipinski definition) is 3. The molecule has 0 radical (unpaired) electrons. The molecule has 0 saturated heterocycles. The largest absolute Gasteiger partial charge is 0.508 e. The predicted octanol–water partition coefficient (Wildman–Crippen LogP) is 3.14. The van der Waals surface area contributed by atoms with Gasteiger partial charge in [-0.3, -0.25) is 4.79 Å². The summed E-state index contributed by atoms with van der Waals surface area (Å²) in [5.41, 5.74) is 0.690. The number of anilines is 1. The first-order chi connectivity index (χ1) is 10.1. The summed E-state index contributed by atoms with van der Waals surface area (Å²) in [5.74, 6) is -0.0751. The zero-order chi connectivity index (χ0) is 15.2. The topological polar surface area (TPSA) is 78.8 Å². The van der Waals surface area contributed by atoms with E-state index in [1.165, 1.54) is 12.1 Å². The minimum absolute atomic E-state index is 0.0959. The molecule has 0 atom stereocenters. The first kappa shape index (κ1) is 14.7. The van der Waals surface area contributed by atoms with Gasteiger partial charge < -0.3 is 20.3 Å². The van der Waals surface area contributed by atoms with Crippen molar-refractivity contribution in [1.82, 2.24) is 0 Å². The molecule has 0 spiro atoms. The molecular formula is C16H17NO4. The lowest BCUT2D eigenvalue weighted by Crippen LogP contribution is -2.11. The van der Waals surface area contributed by atoms with Crippen molar-refractivity contribution in [3.63, 3.8) is 0 Å². The highest BCUT2D eigenvalue weighted by molar-refractivity contribution is 6.06. The summed E-state index contributed by atoms with van der Waals surface area (Å²) in [6, 6.07) is 10.8. The van der Waals surface area contributed by atoms with Crippen molar-refractivity contribution >= 4 is 11.6 Å². The summed E-state index contributed by atoms with van der Waals surface area (Å²) < 4.78 is 5.45. The van der Waals surface area contributed by atoms with Crippen LogP contribution in [0.15, 0.2) is 42.5 Å². The second kappa shape index (κ2) is 6.65. The second-order valence-electron chi connectivity index (χ2n) is 4.53. The molecule has 0 aromatic heterocycles. The summed E-state index contributed by atoms with van der Waals surface area (Å²) >= 11 is 0. The number of rotatable bonds is 5. The molecule has 5 nitrogen and oxygen atoms in total. The molecule has 2 aromatic carbocycles. The molecule has 5 heteroatoms. The van der Waals surface area contributed by atoms with Gasteiger partial charge in [-0.05, 0) is 42.8 Å². The van der Waals surface area contributed by atoms with Crippen LogP contribution in [0.25, 0.3) is 0 Å². The van der Waals surface area contributed by atoms with Crippen LogP contribution >= 0.6 is 0 Å². The van der Waals surface area contributed by atoms with Gasteiger partial charge in [0.25, 0.3) is 5.91 Å². The Morgan fingerprint density at radius 3 is 2.48 bits per heavy atom. The van der Waals surface area contributed by atoms with Gasteiger partial charge in [0.05, 0.1) is 12.2 Å². The molecule has 0 aliphatic heterocycles. The molecule has 0 unspecified atom stereocenters. The lowest BCUT2D eigenvalue weighted by atomic mass is 10.1. The van der Waals surface area contributed by atoms with Gasteiger partial charge in [0.15, 0.2) is 0 Å². The third kappa shape index (κ3) is 3.89. The first-order valence-electron chi connectivity index (χ1n) is 6.66. The summed E-state index contributed by atoms with van der Waals surface area (Å²) in [4.78, 5) is 12.0. The van der Waals surface area contributed by atoms with Crippen LogP contribution in [0.3, 0.4) is 0 Å². The van der Waals surface area contributed by atoms with E-state index in [9.17, 15) is 15.0 Å². The minimum atomic E-state index is -0.449. The van der Waals surface area contributed by atoms with Crippen LogP contribution in [0.2, 0.25) is 0 Å². The monoisotopic (exact) mass is 287 g/mol. The average Bonchev–Trinajstić information content (AvgIpc) is 2.46. The molecule has 3 N–H and O–H groups in total. The Morgan fingerprint density at radius 2 is 1.86 bits per heavy atom. The summed E-state index contributed by atoms with van der Waals surface area (Å²) in [6.07, 6.45) is 0.929. The van der Waals surface area contributed by atoms with E-state index in [1.54, 1.807) is 24.3 Å². The van der Waals surface area contributed by atoms with Gasteiger partial charge in [-0.1, -0.05) is 6.92 Å². The quantitative estimate of drug-likeness (QED) is 0.789. The van der Waals surface area contributed by atoms with E-state index >= 15 is 0 Å². The number of hydrogen-bond acceptors (Lipinski definition) is 4. The van der Waals surface area contributed by atoms with Gasteiger partial charge in [0.2, 0.25) is 0 Å². The minimum Gasteiger partial charge on any atom is -0.508 e. The standard InChI is InChI=1S/C16H17NO4/c1-2-9-21-13-6-3-11(4-7-13)17-16(20)14-8-5-12(18)10-15(14)19/h3-8,10,18-19H,2,9H2,1H3,(H,17,20). The molecule has 0 bridgehead atoms. The molecule has 0 aliphatic carbocycles. The molecule has 110 valence electrons. The highest BCUT2D eigenvalue weighted by Gasteiger charge is 2.11. The van der Waals surface area contributed by atoms with Crippen molar-refractivity contribution in [2.45, 2.75) is 13.3 Å². The number of aromatic hydroxyl groups is 2. The Morgan fingerprint density at radius 1 is 1.14 bits per heavy atom. The van der Waals surface area contributed by atoms with Gasteiger partial charge in [-0.2, -0.15) is 0 Å². The van der Waals surface area contributed by atoms with E-state index in [4.69, 9.17) is 4.74 Å². The Labute approximate surface area is 122 Å². The third-order valence-corrected chi connectivity index (χ3v) is 2.81. The van der Waals surface area contributed by atoms with E-state index in [2.05, 4.69) is 5.32 Å². The number of carbonyl (C=O) groups excluding carboxylic acids is 1. The predicted molar refractivity (Wildman–Crippen MR) is 80.0 cm³/mol. The normalized spacial score (nSPS) is 10.1. The molecule has 2 rings (SSSR count). The second-order valence-corrected chi connectivity index (χ2v) is 4.53. The Kier molecular flexibility index (Phi) is 4.66. The number of nitrogens with one attached hydrogen (secondary N) is 1. The van der Waals surface area contributed by atoms with Crippen molar-refractivity contribution in [2.75, 3.05) is 11.9 Å². The molecule has 2 aromatic rings. The molecule has 1 amide bonds. The fourth-order valence-electron chi connectivity index (χ4n) is 1.76. The maximum Gasteiger partial charge on any atom is 0.259 e. The fraction of sp³-hybridized carbons (Fsp3) is 0.188. The van der Waals surface area contributed by atoms with E-state index in [0.29, 0.717) is 12.3 Å². The number of carbonyl (C=O) groups is 1. The van der Waals surface area contributed by atoms with Gasteiger partial charge >= 0.3 is 0 Å². The highest BCUT2D eigenvalue weighted by Crippen LogP contribution is 2.24. The summed E-state index contributed by atoms with van der Waals surface area (Å²) in [7, 11) is 0. The zero-order valence-electron chi connectivity index (χ0n) is 11.7. The van der Waals surface area contributed by atoms with Crippen molar-refractivity contribution in [3.05, 3.63) is 48.0 Å². The average molecular weight is 287 g/mol. The number of amides is 1. The molecular weight excluding hydrogens is 270 g/mol. The third-order valence-electron chi connectivity index (χ3n) is 2.81. The molecule has 0 saturated carbocycles. The zero-order valence-corrected chi connectivity index (χ0v) is 11.7. The Hall–Kier alpha value is -2.69. The molecule has 0 heterocycles. The molecule has 0 fully saturated rings. The maximum atomic E-state index is 12.0. The van der Waals surface area contributed by atoms with Crippen molar-refractivity contribution < 1.29 is 19.7 Å². The van der Waals surface area contributed by atoms with Crippen LogP contribution in [0.1, 0.15) is 23.7 Å². The van der Waals surface area contributed by atoms with E-state index in [-0.39, 0.29) is 17.1 Å². The lowest BCUT2D eigenvalue weighted by Gasteiger charge is -2.08. The van der Waals surface area contributed by atoms with Crippen LogP contribution in [0.4, 0.5) is 5.69 Å². The van der Waals surface area contributed by atoms with E-state index < -0.39 is 5.91 Å². The Bertz CT molecular complexity index is 623.